The molecule has 2 atom stereocenters. The van der Waals surface area contributed by atoms with Crippen LogP contribution in [-0.2, 0) is 0 Å². The summed E-state index contributed by atoms with van der Waals surface area (Å²) in [6.45, 7) is 4.98. The van der Waals surface area contributed by atoms with E-state index in [1.54, 1.807) is 6.92 Å². The van der Waals surface area contributed by atoms with Gasteiger partial charge in [0, 0.05) is 18.4 Å². The molecule has 1 rings (SSSR count). The number of alkyl halides is 2. The van der Waals surface area contributed by atoms with Crippen molar-refractivity contribution >= 4 is 0 Å². The summed E-state index contributed by atoms with van der Waals surface area (Å²) in [6, 6.07) is 0. The molecular formula is C8H15F2N. The lowest BCUT2D eigenvalue weighted by Crippen LogP contribution is -2.22. The summed E-state index contributed by atoms with van der Waals surface area (Å²) in [5.41, 5.74) is 0. The van der Waals surface area contributed by atoms with Crippen molar-refractivity contribution in [1.82, 2.24) is 4.90 Å². The van der Waals surface area contributed by atoms with Crippen LogP contribution in [0.1, 0.15) is 13.8 Å². The maximum atomic E-state index is 12.7. The third-order valence-electron chi connectivity index (χ3n) is 2.64. The Kier molecular flexibility index (Phi) is 2.19. The monoisotopic (exact) mass is 163 g/mol. The Labute approximate surface area is 66.4 Å². The van der Waals surface area contributed by atoms with Gasteiger partial charge in [0.1, 0.15) is 0 Å². The van der Waals surface area contributed by atoms with Gasteiger partial charge >= 0.3 is 0 Å². The van der Waals surface area contributed by atoms with Crippen molar-refractivity contribution in [3.63, 3.8) is 0 Å². The van der Waals surface area contributed by atoms with Crippen molar-refractivity contribution in [3.8, 4) is 0 Å². The molecule has 3 heteroatoms. The lowest BCUT2D eigenvalue weighted by atomic mass is 10.3. The minimum Gasteiger partial charge on any atom is -0.306 e. The van der Waals surface area contributed by atoms with Gasteiger partial charge in [-0.2, -0.15) is 0 Å². The average Bonchev–Trinajstić information content (AvgIpc) is 2.39. The molecule has 1 aliphatic carbocycles. The highest BCUT2D eigenvalue weighted by Gasteiger charge is 2.64. The molecule has 1 aliphatic rings. The minimum absolute atomic E-state index is 0.396. The van der Waals surface area contributed by atoms with E-state index in [-0.39, 0.29) is 0 Å². The fourth-order valence-corrected chi connectivity index (χ4v) is 1.30. The molecule has 0 spiro atoms. The first-order chi connectivity index (χ1) is 5.00. The standard InChI is InChI=1S/C8H15F2N/c1-4-11(3)5-7-6(2)8(7,9)10/h6-7H,4-5H2,1-3H3. The van der Waals surface area contributed by atoms with E-state index in [1.807, 2.05) is 18.9 Å². The zero-order valence-electron chi connectivity index (χ0n) is 7.27. The van der Waals surface area contributed by atoms with Gasteiger partial charge in [0.2, 0.25) is 0 Å². The topological polar surface area (TPSA) is 3.24 Å². The van der Waals surface area contributed by atoms with Crippen LogP contribution in [0.3, 0.4) is 0 Å². The molecule has 0 N–H and O–H groups in total. The summed E-state index contributed by atoms with van der Waals surface area (Å²) in [5, 5.41) is 0. The van der Waals surface area contributed by atoms with E-state index in [0.29, 0.717) is 6.54 Å². The van der Waals surface area contributed by atoms with Gasteiger partial charge in [0.05, 0.1) is 0 Å². The van der Waals surface area contributed by atoms with Crippen molar-refractivity contribution in [2.45, 2.75) is 19.8 Å². The molecule has 0 amide bonds. The van der Waals surface area contributed by atoms with Gasteiger partial charge in [-0.1, -0.05) is 13.8 Å². The number of halogens is 2. The van der Waals surface area contributed by atoms with Gasteiger partial charge < -0.3 is 4.90 Å². The third kappa shape index (κ3) is 1.53. The van der Waals surface area contributed by atoms with E-state index >= 15 is 0 Å². The molecule has 66 valence electrons. The second kappa shape index (κ2) is 2.70. The zero-order valence-corrected chi connectivity index (χ0v) is 7.27. The molecule has 1 fully saturated rings. The first kappa shape index (κ1) is 8.91. The van der Waals surface area contributed by atoms with E-state index in [1.165, 1.54) is 0 Å². The lowest BCUT2D eigenvalue weighted by molar-refractivity contribution is 0.0804. The first-order valence-corrected chi connectivity index (χ1v) is 4.06. The number of hydrogen-bond acceptors (Lipinski definition) is 1. The Hall–Kier alpha value is -0.180. The number of hydrogen-bond donors (Lipinski definition) is 0. The van der Waals surface area contributed by atoms with Crippen LogP contribution >= 0.6 is 0 Å². The highest BCUT2D eigenvalue weighted by atomic mass is 19.3. The van der Waals surface area contributed by atoms with Crippen LogP contribution in [0, 0.1) is 11.8 Å². The van der Waals surface area contributed by atoms with Crippen LogP contribution in [0.15, 0.2) is 0 Å². The van der Waals surface area contributed by atoms with Gasteiger partial charge in [-0.15, -0.1) is 0 Å². The Morgan fingerprint density at radius 3 is 2.18 bits per heavy atom. The van der Waals surface area contributed by atoms with Gasteiger partial charge in [-0.05, 0) is 13.6 Å². The van der Waals surface area contributed by atoms with Crippen LogP contribution in [0.5, 0.6) is 0 Å². The Morgan fingerprint density at radius 2 is 1.91 bits per heavy atom. The summed E-state index contributed by atoms with van der Waals surface area (Å²) < 4.78 is 25.3. The lowest BCUT2D eigenvalue weighted by Gasteiger charge is -2.12. The maximum absolute atomic E-state index is 12.7. The normalized spacial score (nSPS) is 34.4. The predicted molar refractivity (Wildman–Crippen MR) is 40.8 cm³/mol. The molecule has 0 bridgehead atoms. The fraction of sp³-hybridized carbons (Fsp3) is 1.00. The highest BCUT2D eigenvalue weighted by Crippen LogP contribution is 2.54. The van der Waals surface area contributed by atoms with Crippen molar-refractivity contribution in [2.24, 2.45) is 11.8 Å². The summed E-state index contributed by atoms with van der Waals surface area (Å²) in [6.07, 6.45) is 0. The van der Waals surface area contributed by atoms with Crippen LogP contribution < -0.4 is 0 Å². The zero-order chi connectivity index (χ0) is 8.65. The fourth-order valence-electron chi connectivity index (χ4n) is 1.30. The molecule has 0 saturated heterocycles. The summed E-state index contributed by atoms with van der Waals surface area (Å²) in [4.78, 5) is 1.93. The molecule has 0 aromatic rings. The van der Waals surface area contributed by atoms with Crippen LogP contribution in [0.4, 0.5) is 8.78 Å². The van der Waals surface area contributed by atoms with Gasteiger partial charge in [-0.25, -0.2) is 8.78 Å². The molecule has 2 unspecified atom stereocenters. The van der Waals surface area contributed by atoms with E-state index < -0.39 is 17.8 Å². The number of nitrogens with zero attached hydrogens (tertiary/aromatic N) is 1. The molecule has 1 saturated carbocycles. The van der Waals surface area contributed by atoms with E-state index in [0.717, 1.165) is 6.54 Å². The number of rotatable bonds is 3. The van der Waals surface area contributed by atoms with Crippen LogP contribution in [0.25, 0.3) is 0 Å². The van der Waals surface area contributed by atoms with E-state index in [2.05, 4.69) is 0 Å². The molecular weight excluding hydrogens is 148 g/mol. The summed E-state index contributed by atoms with van der Waals surface area (Å²) in [7, 11) is 1.88. The quantitative estimate of drug-likeness (QED) is 0.613. The molecule has 0 heterocycles. The predicted octanol–water partition coefficient (Wildman–Crippen LogP) is 1.84. The largest absolute Gasteiger partial charge is 0.306 e. The van der Waals surface area contributed by atoms with Crippen molar-refractivity contribution in [2.75, 3.05) is 20.1 Å². The minimum atomic E-state index is -2.39. The first-order valence-electron chi connectivity index (χ1n) is 4.06. The average molecular weight is 163 g/mol. The van der Waals surface area contributed by atoms with Crippen molar-refractivity contribution < 1.29 is 8.78 Å². The van der Waals surface area contributed by atoms with Crippen molar-refractivity contribution in [1.29, 1.82) is 0 Å². The third-order valence-corrected chi connectivity index (χ3v) is 2.64. The summed E-state index contributed by atoms with van der Waals surface area (Å²) >= 11 is 0. The summed E-state index contributed by atoms with van der Waals surface area (Å²) in [5.74, 6) is -3.19. The van der Waals surface area contributed by atoms with Gasteiger partial charge in [-0.3, -0.25) is 0 Å². The van der Waals surface area contributed by atoms with Crippen LogP contribution in [0.2, 0.25) is 0 Å². The Balaban J connectivity index is 2.31. The van der Waals surface area contributed by atoms with Gasteiger partial charge in [0.25, 0.3) is 5.92 Å². The van der Waals surface area contributed by atoms with E-state index in [9.17, 15) is 8.78 Å². The van der Waals surface area contributed by atoms with Crippen molar-refractivity contribution in [3.05, 3.63) is 0 Å². The molecule has 1 nitrogen and oxygen atoms in total. The highest BCUT2D eigenvalue weighted by molar-refractivity contribution is 5.03. The second-order valence-electron chi connectivity index (χ2n) is 3.42. The maximum Gasteiger partial charge on any atom is 0.255 e. The molecule has 0 aromatic heterocycles. The molecule has 0 aliphatic heterocycles. The molecule has 0 aromatic carbocycles. The smallest absolute Gasteiger partial charge is 0.255 e. The Bertz CT molecular complexity index is 147. The Morgan fingerprint density at radius 1 is 1.45 bits per heavy atom. The SMILES string of the molecule is CCN(C)CC1C(C)C1(F)F. The molecule has 0 radical (unpaired) electrons. The van der Waals surface area contributed by atoms with E-state index in [4.69, 9.17) is 0 Å². The van der Waals surface area contributed by atoms with Gasteiger partial charge in [0.15, 0.2) is 0 Å². The van der Waals surface area contributed by atoms with Crippen LogP contribution in [-0.4, -0.2) is 31.0 Å². The second-order valence-corrected chi connectivity index (χ2v) is 3.42. The molecule has 11 heavy (non-hydrogen) atoms.